The maximum atomic E-state index is 11.5. The zero-order chi connectivity index (χ0) is 21.3. The highest BCUT2D eigenvalue weighted by atomic mass is 16.6. The van der Waals surface area contributed by atoms with E-state index in [9.17, 15) is 4.79 Å². The largest absolute Gasteiger partial charge is 0.490 e. The van der Waals surface area contributed by atoms with E-state index in [1.165, 1.54) is 5.56 Å². The number of hydrogen-bond donors (Lipinski definition) is 1. The van der Waals surface area contributed by atoms with Crippen LogP contribution < -0.4 is 10.1 Å². The Morgan fingerprint density at radius 1 is 1.03 bits per heavy atom. The molecule has 1 heterocycles. The highest BCUT2D eigenvalue weighted by molar-refractivity contribution is 5.85. The van der Waals surface area contributed by atoms with E-state index in [0.29, 0.717) is 19.1 Å². The van der Waals surface area contributed by atoms with Gasteiger partial charge in [0.15, 0.2) is 0 Å². The molecule has 160 valence electrons. The number of alkyl carbamates (subject to hydrolysis) is 1. The average Bonchev–Trinajstić information content (AvgIpc) is 3.12. The molecule has 2 fully saturated rings. The van der Waals surface area contributed by atoms with E-state index in [1.54, 1.807) is 0 Å². The SMILES string of the molecule is C[C@@]1(c2ccc3cc(O[C@H]4C[C@H](COCc5ccccc5)C4)ccc3c2)COC(=O)N1. The van der Waals surface area contributed by atoms with Crippen molar-refractivity contribution in [3.63, 3.8) is 0 Å². The lowest BCUT2D eigenvalue weighted by Gasteiger charge is -2.35. The molecule has 3 aromatic carbocycles. The molecule has 0 aromatic heterocycles. The molecule has 1 saturated heterocycles. The van der Waals surface area contributed by atoms with Gasteiger partial charge in [0, 0.05) is 0 Å². The van der Waals surface area contributed by atoms with Crippen molar-refractivity contribution in [1.82, 2.24) is 5.32 Å². The summed E-state index contributed by atoms with van der Waals surface area (Å²) in [5, 5.41) is 5.14. The summed E-state index contributed by atoms with van der Waals surface area (Å²) in [5.41, 5.74) is 1.77. The van der Waals surface area contributed by atoms with Crippen molar-refractivity contribution >= 4 is 16.9 Å². The standard InChI is InChI=1S/C26H27NO4/c1-26(17-30-25(28)27-26)22-9-7-21-14-23(10-8-20(21)13-22)31-24-11-19(12-24)16-29-15-18-5-3-2-4-6-18/h2-10,13-14,19,24H,11-12,15-17H2,1H3,(H,27,28)/t19-,24-,26-/m0/s1. The molecule has 5 heteroatoms. The first-order valence-electron chi connectivity index (χ1n) is 10.8. The molecule has 0 spiro atoms. The maximum Gasteiger partial charge on any atom is 0.408 e. The minimum absolute atomic E-state index is 0.256. The van der Waals surface area contributed by atoms with Gasteiger partial charge in [-0.05, 0) is 65.8 Å². The second-order valence-corrected chi connectivity index (χ2v) is 8.83. The summed E-state index contributed by atoms with van der Waals surface area (Å²) in [4.78, 5) is 11.5. The summed E-state index contributed by atoms with van der Waals surface area (Å²) < 4.78 is 17.1. The molecule has 31 heavy (non-hydrogen) atoms. The van der Waals surface area contributed by atoms with Gasteiger partial charge >= 0.3 is 6.09 Å². The monoisotopic (exact) mass is 417 g/mol. The van der Waals surface area contributed by atoms with Gasteiger partial charge in [0.1, 0.15) is 12.4 Å². The smallest absolute Gasteiger partial charge is 0.408 e. The average molecular weight is 418 g/mol. The predicted octanol–water partition coefficient (Wildman–Crippen LogP) is 5.17. The van der Waals surface area contributed by atoms with Crippen LogP contribution in [-0.2, 0) is 21.6 Å². The van der Waals surface area contributed by atoms with Gasteiger partial charge in [-0.15, -0.1) is 0 Å². The van der Waals surface area contributed by atoms with E-state index in [2.05, 4.69) is 41.7 Å². The zero-order valence-corrected chi connectivity index (χ0v) is 17.7. The second kappa shape index (κ2) is 8.23. The molecule has 1 aliphatic carbocycles. The molecule has 2 aliphatic rings. The number of carbonyl (C=O) groups is 1. The van der Waals surface area contributed by atoms with Crippen LogP contribution in [0, 0.1) is 5.92 Å². The fourth-order valence-electron chi connectivity index (χ4n) is 4.32. The number of fused-ring (bicyclic) bond motifs is 1. The van der Waals surface area contributed by atoms with Crippen LogP contribution in [0.4, 0.5) is 4.79 Å². The molecule has 0 radical (unpaired) electrons. The normalized spacial score (nSPS) is 25.0. The molecule has 5 rings (SSSR count). The van der Waals surface area contributed by atoms with E-state index >= 15 is 0 Å². The van der Waals surface area contributed by atoms with E-state index in [4.69, 9.17) is 14.2 Å². The van der Waals surface area contributed by atoms with Crippen molar-refractivity contribution in [2.24, 2.45) is 5.92 Å². The summed E-state index contributed by atoms with van der Waals surface area (Å²) in [5.74, 6) is 1.47. The van der Waals surface area contributed by atoms with Crippen LogP contribution in [0.1, 0.15) is 30.9 Å². The number of cyclic esters (lactones) is 1. The number of nitrogens with one attached hydrogen (secondary N) is 1. The molecule has 0 unspecified atom stereocenters. The molecule has 0 bridgehead atoms. The van der Waals surface area contributed by atoms with Crippen LogP contribution >= 0.6 is 0 Å². The van der Waals surface area contributed by atoms with Crippen LogP contribution in [-0.4, -0.2) is 25.4 Å². The minimum Gasteiger partial charge on any atom is -0.490 e. The lowest BCUT2D eigenvalue weighted by molar-refractivity contribution is -0.00245. The fourth-order valence-corrected chi connectivity index (χ4v) is 4.32. The number of amides is 1. The Balaban J connectivity index is 1.14. The molecule has 1 amide bonds. The molecule has 1 saturated carbocycles. The first-order chi connectivity index (χ1) is 15.1. The van der Waals surface area contributed by atoms with Crippen molar-refractivity contribution in [2.45, 2.75) is 38.0 Å². The third kappa shape index (κ3) is 4.37. The van der Waals surface area contributed by atoms with Gasteiger partial charge in [-0.1, -0.05) is 48.5 Å². The summed E-state index contributed by atoms with van der Waals surface area (Å²) in [7, 11) is 0. The Bertz CT molecular complexity index is 1080. The second-order valence-electron chi connectivity index (χ2n) is 8.83. The Labute approximate surface area is 182 Å². The molecular weight excluding hydrogens is 390 g/mol. The molecule has 3 aromatic rings. The van der Waals surface area contributed by atoms with Gasteiger partial charge in [0.2, 0.25) is 0 Å². The Morgan fingerprint density at radius 2 is 1.81 bits per heavy atom. The van der Waals surface area contributed by atoms with Crippen molar-refractivity contribution in [3.05, 3.63) is 77.9 Å². The third-order valence-corrected chi connectivity index (χ3v) is 6.28. The first kappa shape index (κ1) is 19.9. The highest BCUT2D eigenvalue weighted by Gasteiger charge is 2.36. The molecule has 1 aliphatic heterocycles. The predicted molar refractivity (Wildman–Crippen MR) is 119 cm³/mol. The quantitative estimate of drug-likeness (QED) is 0.576. The van der Waals surface area contributed by atoms with Crippen LogP contribution in [0.3, 0.4) is 0 Å². The molecule has 1 N–H and O–H groups in total. The zero-order valence-electron chi connectivity index (χ0n) is 17.7. The van der Waals surface area contributed by atoms with Gasteiger partial charge in [-0.2, -0.15) is 0 Å². The van der Waals surface area contributed by atoms with E-state index in [0.717, 1.165) is 41.5 Å². The van der Waals surface area contributed by atoms with Crippen LogP contribution in [0.15, 0.2) is 66.7 Å². The number of carbonyl (C=O) groups excluding carboxylic acids is 1. The summed E-state index contributed by atoms with van der Waals surface area (Å²) in [6.45, 7) is 3.78. The van der Waals surface area contributed by atoms with E-state index in [-0.39, 0.29) is 12.2 Å². The Hall–Kier alpha value is -3.05. The summed E-state index contributed by atoms with van der Waals surface area (Å²) in [6, 6.07) is 22.7. The minimum atomic E-state index is -0.482. The van der Waals surface area contributed by atoms with Gasteiger partial charge in [-0.3, -0.25) is 0 Å². The van der Waals surface area contributed by atoms with Crippen molar-refractivity contribution in [2.75, 3.05) is 13.2 Å². The lowest BCUT2D eigenvalue weighted by Crippen LogP contribution is -2.37. The van der Waals surface area contributed by atoms with E-state index in [1.807, 2.05) is 37.3 Å². The van der Waals surface area contributed by atoms with Crippen molar-refractivity contribution < 1.29 is 19.0 Å². The van der Waals surface area contributed by atoms with Gasteiger partial charge < -0.3 is 19.5 Å². The summed E-state index contributed by atoms with van der Waals surface area (Å²) >= 11 is 0. The van der Waals surface area contributed by atoms with Crippen molar-refractivity contribution in [1.29, 1.82) is 0 Å². The first-order valence-corrected chi connectivity index (χ1v) is 10.8. The molecule has 1 atom stereocenters. The highest BCUT2D eigenvalue weighted by Crippen LogP contribution is 2.34. The van der Waals surface area contributed by atoms with Gasteiger partial charge in [-0.25, -0.2) is 4.79 Å². The third-order valence-electron chi connectivity index (χ3n) is 6.28. The summed E-state index contributed by atoms with van der Waals surface area (Å²) in [6.07, 6.45) is 1.95. The molecular formula is C26H27NO4. The molecule has 5 nitrogen and oxygen atoms in total. The number of hydrogen-bond acceptors (Lipinski definition) is 4. The van der Waals surface area contributed by atoms with Crippen LogP contribution in [0.25, 0.3) is 10.8 Å². The number of benzene rings is 3. The number of rotatable bonds is 7. The number of ether oxygens (including phenoxy) is 3. The van der Waals surface area contributed by atoms with Gasteiger partial charge in [0.05, 0.1) is 24.9 Å². The van der Waals surface area contributed by atoms with Crippen LogP contribution in [0.2, 0.25) is 0 Å². The van der Waals surface area contributed by atoms with Gasteiger partial charge in [0.25, 0.3) is 0 Å². The Morgan fingerprint density at radius 3 is 2.58 bits per heavy atom. The maximum absolute atomic E-state index is 11.5. The topological polar surface area (TPSA) is 56.8 Å². The van der Waals surface area contributed by atoms with E-state index < -0.39 is 5.54 Å². The Kier molecular flexibility index (Phi) is 5.28. The van der Waals surface area contributed by atoms with Crippen molar-refractivity contribution in [3.8, 4) is 5.75 Å². The van der Waals surface area contributed by atoms with Crippen LogP contribution in [0.5, 0.6) is 5.75 Å². The fraction of sp³-hybridized carbons (Fsp3) is 0.346. The lowest BCUT2D eigenvalue weighted by atomic mass is 9.83.